The van der Waals surface area contributed by atoms with Crippen molar-refractivity contribution in [1.29, 1.82) is 0 Å². The quantitative estimate of drug-likeness (QED) is 0.551. The van der Waals surface area contributed by atoms with E-state index < -0.39 is 0 Å². The largest absolute Gasteiger partial charge is 0.469 e. The Morgan fingerprint density at radius 3 is 2.76 bits per heavy atom. The van der Waals surface area contributed by atoms with Crippen LogP contribution < -0.4 is 5.32 Å². The van der Waals surface area contributed by atoms with E-state index in [9.17, 15) is 9.59 Å². The number of carbonyl (C=O) groups excluding carboxylic acids is 2. The molecular weight excluding hydrogens is 268 g/mol. The number of carbonyl (C=O) groups is 2. The van der Waals surface area contributed by atoms with Gasteiger partial charge in [0.1, 0.15) is 0 Å². The molecule has 1 aliphatic rings. The summed E-state index contributed by atoms with van der Waals surface area (Å²) in [5.41, 5.74) is 0. The molecule has 1 rings (SSSR count). The predicted molar refractivity (Wildman–Crippen MR) is 83.0 cm³/mol. The Morgan fingerprint density at radius 1 is 1.33 bits per heavy atom. The van der Waals surface area contributed by atoms with Crippen molar-refractivity contribution < 1.29 is 14.3 Å². The van der Waals surface area contributed by atoms with Crippen LogP contribution in [0.1, 0.15) is 58.8 Å². The summed E-state index contributed by atoms with van der Waals surface area (Å²) >= 11 is 0. The van der Waals surface area contributed by atoms with Crippen LogP contribution in [0, 0.1) is 0 Å². The third-order valence-corrected chi connectivity index (χ3v) is 4.26. The van der Waals surface area contributed by atoms with Crippen LogP contribution in [0.25, 0.3) is 0 Å². The average molecular weight is 298 g/mol. The number of esters is 1. The fourth-order valence-electron chi connectivity index (χ4n) is 2.91. The van der Waals surface area contributed by atoms with E-state index in [0.717, 1.165) is 51.6 Å². The van der Waals surface area contributed by atoms with Gasteiger partial charge in [-0.1, -0.05) is 26.2 Å². The number of ether oxygens (including phenoxy) is 1. The molecule has 0 bridgehead atoms. The van der Waals surface area contributed by atoms with Gasteiger partial charge >= 0.3 is 5.97 Å². The first-order valence-corrected chi connectivity index (χ1v) is 8.20. The van der Waals surface area contributed by atoms with E-state index in [-0.39, 0.29) is 24.0 Å². The lowest BCUT2D eigenvalue weighted by atomic mass is 9.97. The lowest BCUT2D eigenvalue weighted by molar-refractivity contribution is -0.143. The highest BCUT2D eigenvalue weighted by Gasteiger charge is 2.31. The molecule has 0 spiro atoms. The number of nitrogens with zero attached hydrogens (tertiary/aromatic N) is 1. The Bertz CT molecular complexity index is 333. The van der Waals surface area contributed by atoms with Crippen molar-refractivity contribution in [3.8, 4) is 0 Å². The zero-order chi connectivity index (χ0) is 15.7. The van der Waals surface area contributed by atoms with E-state index in [2.05, 4.69) is 17.1 Å². The number of hydrogen-bond acceptors (Lipinski definition) is 4. The molecule has 2 atom stereocenters. The molecule has 0 aromatic rings. The SMILES string of the molecule is CCCCCNC(=O)C(C)N1CCCCC1CC(=O)OC. The monoisotopic (exact) mass is 298 g/mol. The first-order chi connectivity index (χ1) is 10.1. The second-order valence-electron chi connectivity index (χ2n) is 5.84. The molecule has 1 fully saturated rings. The molecule has 122 valence electrons. The summed E-state index contributed by atoms with van der Waals surface area (Å²) in [5, 5.41) is 3.01. The topological polar surface area (TPSA) is 58.6 Å². The van der Waals surface area contributed by atoms with Gasteiger partial charge in [0.15, 0.2) is 0 Å². The highest BCUT2D eigenvalue weighted by molar-refractivity contribution is 5.81. The second kappa shape index (κ2) is 9.77. The number of unbranched alkanes of at least 4 members (excludes halogenated alkanes) is 2. The van der Waals surface area contributed by atoms with Crippen molar-refractivity contribution in [3.05, 3.63) is 0 Å². The van der Waals surface area contributed by atoms with E-state index in [4.69, 9.17) is 4.74 Å². The van der Waals surface area contributed by atoms with Gasteiger partial charge < -0.3 is 10.1 Å². The van der Waals surface area contributed by atoms with Crippen LogP contribution in [0.2, 0.25) is 0 Å². The zero-order valence-electron chi connectivity index (χ0n) is 13.7. The lowest BCUT2D eigenvalue weighted by Gasteiger charge is -2.38. The van der Waals surface area contributed by atoms with Crippen LogP contribution in [0.5, 0.6) is 0 Å². The Morgan fingerprint density at radius 2 is 2.10 bits per heavy atom. The predicted octanol–water partition coefficient (Wildman–Crippen LogP) is 2.10. The van der Waals surface area contributed by atoms with E-state index in [1.165, 1.54) is 7.11 Å². The van der Waals surface area contributed by atoms with Gasteiger partial charge in [-0.3, -0.25) is 14.5 Å². The first-order valence-electron chi connectivity index (χ1n) is 8.20. The molecule has 1 aliphatic heterocycles. The van der Waals surface area contributed by atoms with Gasteiger partial charge in [0.05, 0.1) is 19.6 Å². The van der Waals surface area contributed by atoms with Crippen molar-refractivity contribution in [2.45, 2.75) is 70.9 Å². The summed E-state index contributed by atoms with van der Waals surface area (Å²) in [5.74, 6) is -0.120. The molecule has 0 aromatic carbocycles. The molecule has 1 saturated heterocycles. The van der Waals surface area contributed by atoms with Gasteiger partial charge in [-0.05, 0) is 32.7 Å². The van der Waals surface area contributed by atoms with Crippen molar-refractivity contribution in [3.63, 3.8) is 0 Å². The number of rotatable bonds is 8. The summed E-state index contributed by atoms with van der Waals surface area (Å²) in [6.45, 7) is 5.71. The maximum absolute atomic E-state index is 12.2. The fraction of sp³-hybridized carbons (Fsp3) is 0.875. The summed E-state index contributed by atoms with van der Waals surface area (Å²) in [6.07, 6.45) is 6.86. The summed E-state index contributed by atoms with van der Waals surface area (Å²) in [6, 6.07) is -0.0517. The molecule has 0 aromatic heterocycles. The Labute approximate surface area is 128 Å². The maximum Gasteiger partial charge on any atom is 0.307 e. The van der Waals surface area contributed by atoms with Crippen LogP contribution >= 0.6 is 0 Å². The zero-order valence-corrected chi connectivity index (χ0v) is 13.7. The molecule has 5 heteroatoms. The summed E-state index contributed by atoms with van der Waals surface area (Å²) < 4.78 is 4.77. The minimum absolute atomic E-state index is 0.0721. The average Bonchev–Trinajstić information content (AvgIpc) is 2.51. The molecule has 1 N–H and O–H groups in total. The smallest absolute Gasteiger partial charge is 0.307 e. The van der Waals surface area contributed by atoms with Gasteiger partial charge in [-0.2, -0.15) is 0 Å². The standard InChI is InChI=1S/C16H30N2O3/c1-4-5-7-10-17-16(20)13(2)18-11-8-6-9-14(18)12-15(19)21-3/h13-14H,4-12H2,1-3H3,(H,17,20). The molecule has 1 heterocycles. The van der Waals surface area contributed by atoms with E-state index in [0.29, 0.717) is 6.42 Å². The number of likely N-dealkylation sites (tertiary alicyclic amines) is 1. The molecule has 0 aliphatic carbocycles. The Kier molecular flexibility index (Phi) is 8.35. The number of amides is 1. The molecule has 2 unspecified atom stereocenters. The van der Waals surface area contributed by atoms with Crippen LogP contribution in [0.3, 0.4) is 0 Å². The number of nitrogens with one attached hydrogen (secondary N) is 1. The minimum Gasteiger partial charge on any atom is -0.469 e. The van der Waals surface area contributed by atoms with Crippen LogP contribution in [-0.2, 0) is 14.3 Å². The highest BCUT2D eigenvalue weighted by Crippen LogP contribution is 2.22. The molecule has 0 saturated carbocycles. The minimum atomic E-state index is -0.192. The van der Waals surface area contributed by atoms with Crippen LogP contribution in [0.15, 0.2) is 0 Å². The van der Waals surface area contributed by atoms with Crippen molar-refractivity contribution in [2.75, 3.05) is 20.2 Å². The Balaban J connectivity index is 2.49. The van der Waals surface area contributed by atoms with Crippen molar-refractivity contribution in [2.24, 2.45) is 0 Å². The molecule has 21 heavy (non-hydrogen) atoms. The molecule has 1 amide bonds. The van der Waals surface area contributed by atoms with Gasteiger partial charge in [-0.15, -0.1) is 0 Å². The van der Waals surface area contributed by atoms with E-state index in [1.54, 1.807) is 0 Å². The van der Waals surface area contributed by atoms with Crippen molar-refractivity contribution in [1.82, 2.24) is 10.2 Å². The first kappa shape index (κ1) is 18.0. The third-order valence-electron chi connectivity index (χ3n) is 4.26. The van der Waals surface area contributed by atoms with Gasteiger partial charge in [0.2, 0.25) is 5.91 Å². The summed E-state index contributed by atoms with van der Waals surface area (Å²) in [4.78, 5) is 25.9. The number of methoxy groups -OCH3 is 1. The summed E-state index contributed by atoms with van der Waals surface area (Å²) in [7, 11) is 1.42. The third kappa shape index (κ3) is 6.04. The maximum atomic E-state index is 12.2. The van der Waals surface area contributed by atoms with E-state index >= 15 is 0 Å². The number of hydrogen-bond donors (Lipinski definition) is 1. The van der Waals surface area contributed by atoms with Crippen molar-refractivity contribution >= 4 is 11.9 Å². The second-order valence-corrected chi connectivity index (χ2v) is 5.84. The van der Waals surface area contributed by atoms with Crippen LogP contribution in [0.4, 0.5) is 0 Å². The van der Waals surface area contributed by atoms with Gasteiger partial charge in [0.25, 0.3) is 0 Å². The Hall–Kier alpha value is -1.10. The molecule has 0 radical (unpaired) electrons. The molecular formula is C16H30N2O3. The molecule has 5 nitrogen and oxygen atoms in total. The normalized spacial score (nSPS) is 20.8. The fourth-order valence-corrected chi connectivity index (χ4v) is 2.91. The van der Waals surface area contributed by atoms with E-state index in [1.807, 2.05) is 6.92 Å². The lowest BCUT2D eigenvalue weighted by Crippen LogP contribution is -2.52. The number of piperidine rings is 1. The van der Waals surface area contributed by atoms with Gasteiger partial charge in [0, 0.05) is 12.6 Å². The highest BCUT2D eigenvalue weighted by atomic mass is 16.5. The van der Waals surface area contributed by atoms with Gasteiger partial charge in [-0.25, -0.2) is 0 Å². The van der Waals surface area contributed by atoms with Crippen LogP contribution in [-0.4, -0.2) is 49.1 Å².